The minimum Gasteiger partial charge on any atom is -0.467 e. The normalized spacial score (nSPS) is 15.4. The first-order valence-electron chi connectivity index (χ1n) is 10.3. The Labute approximate surface area is 187 Å². The third-order valence-corrected chi connectivity index (χ3v) is 5.61. The van der Waals surface area contributed by atoms with Crippen LogP contribution in [0.3, 0.4) is 0 Å². The summed E-state index contributed by atoms with van der Waals surface area (Å²) in [5, 5.41) is 12.7. The average Bonchev–Trinajstić information content (AvgIpc) is 3.49. The van der Waals surface area contributed by atoms with Crippen molar-refractivity contribution in [1.29, 1.82) is 0 Å². The molecule has 1 unspecified atom stereocenters. The van der Waals surface area contributed by atoms with Gasteiger partial charge in [0.15, 0.2) is 5.82 Å². The lowest BCUT2D eigenvalue weighted by Crippen LogP contribution is -2.48. The van der Waals surface area contributed by atoms with Crippen molar-refractivity contribution in [3.05, 3.63) is 96.2 Å². The summed E-state index contributed by atoms with van der Waals surface area (Å²) in [6, 6.07) is 24.9. The second kappa shape index (κ2) is 9.76. The fourth-order valence-corrected chi connectivity index (χ4v) is 4.11. The van der Waals surface area contributed by atoms with E-state index >= 15 is 0 Å². The molecule has 0 spiro atoms. The average molecular weight is 437 g/mol. The number of aromatic nitrogens is 4. The van der Waals surface area contributed by atoms with Crippen LogP contribution < -0.4 is 4.90 Å². The number of nitrogens with zero attached hydrogens (tertiary/aromatic N) is 6. The standard InChI is InChI=1S/C23H24N6O.ClH/c1-3-8-19(9-4-1)22(23-24-25-26-29(23)18-21-12-7-17-30-21)28-15-13-27(14-16-28)20-10-5-2-6-11-20;/h1-12,17,22H,13-16,18H2;1H. The van der Waals surface area contributed by atoms with Crippen molar-refractivity contribution in [2.75, 3.05) is 31.1 Å². The molecular formula is C23H25ClN6O. The van der Waals surface area contributed by atoms with Crippen molar-refractivity contribution in [2.24, 2.45) is 0 Å². The van der Waals surface area contributed by atoms with Crippen LogP contribution in [0.5, 0.6) is 0 Å². The Morgan fingerprint density at radius 2 is 1.55 bits per heavy atom. The lowest BCUT2D eigenvalue weighted by molar-refractivity contribution is 0.201. The Kier molecular flexibility index (Phi) is 6.64. The predicted octanol–water partition coefficient (Wildman–Crippen LogP) is 3.65. The number of hydrogen-bond acceptors (Lipinski definition) is 6. The summed E-state index contributed by atoms with van der Waals surface area (Å²) >= 11 is 0. The molecule has 1 saturated heterocycles. The fourth-order valence-electron chi connectivity index (χ4n) is 4.11. The number of rotatable bonds is 6. The third-order valence-electron chi connectivity index (χ3n) is 5.61. The van der Waals surface area contributed by atoms with Gasteiger partial charge >= 0.3 is 0 Å². The molecule has 1 aliphatic heterocycles. The monoisotopic (exact) mass is 436 g/mol. The minimum atomic E-state index is -0.00548. The van der Waals surface area contributed by atoms with E-state index in [1.165, 1.54) is 11.3 Å². The molecule has 7 nitrogen and oxygen atoms in total. The van der Waals surface area contributed by atoms with E-state index in [2.05, 4.69) is 79.9 Å². The summed E-state index contributed by atoms with van der Waals surface area (Å²) in [5.41, 5.74) is 2.47. The van der Waals surface area contributed by atoms with E-state index in [9.17, 15) is 0 Å². The lowest BCUT2D eigenvalue weighted by Gasteiger charge is -2.39. The van der Waals surface area contributed by atoms with Gasteiger partial charge in [0.2, 0.25) is 0 Å². The highest BCUT2D eigenvalue weighted by molar-refractivity contribution is 5.85. The van der Waals surface area contributed by atoms with Gasteiger partial charge in [0.25, 0.3) is 0 Å². The minimum absolute atomic E-state index is 0. The van der Waals surface area contributed by atoms with Gasteiger partial charge in [0.05, 0.1) is 12.3 Å². The molecule has 2 aromatic carbocycles. The Morgan fingerprint density at radius 3 is 2.23 bits per heavy atom. The topological polar surface area (TPSA) is 63.2 Å². The number of furan rings is 1. The maximum atomic E-state index is 5.52. The molecule has 3 heterocycles. The number of halogens is 1. The van der Waals surface area contributed by atoms with Gasteiger partial charge in [-0.2, -0.15) is 0 Å². The van der Waals surface area contributed by atoms with Crippen LogP contribution in [0.2, 0.25) is 0 Å². The highest BCUT2D eigenvalue weighted by atomic mass is 35.5. The van der Waals surface area contributed by atoms with E-state index in [0.29, 0.717) is 6.54 Å². The van der Waals surface area contributed by atoms with Gasteiger partial charge in [-0.3, -0.25) is 4.90 Å². The van der Waals surface area contributed by atoms with Gasteiger partial charge in [-0.25, -0.2) is 4.68 Å². The van der Waals surface area contributed by atoms with Crippen LogP contribution in [0.15, 0.2) is 83.5 Å². The second-order valence-corrected chi connectivity index (χ2v) is 7.45. The summed E-state index contributed by atoms with van der Waals surface area (Å²) in [6.45, 7) is 4.31. The van der Waals surface area contributed by atoms with Crippen LogP contribution in [0.4, 0.5) is 5.69 Å². The van der Waals surface area contributed by atoms with E-state index in [0.717, 1.165) is 37.8 Å². The molecule has 0 N–H and O–H groups in total. The smallest absolute Gasteiger partial charge is 0.173 e. The SMILES string of the molecule is Cl.c1ccc(C(c2nnnn2Cc2ccco2)N2CCN(c3ccccc3)CC2)cc1. The van der Waals surface area contributed by atoms with E-state index in [1.54, 1.807) is 6.26 Å². The van der Waals surface area contributed by atoms with E-state index in [4.69, 9.17) is 4.42 Å². The van der Waals surface area contributed by atoms with Gasteiger partial charge < -0.3 is 9.32 Å². The number of piperazine rings is 1. The van der Waals surface area contributed by atoms with Crippen molar-refractivity contribution >= 4 is 18.1 Å². The third kappa shape index (κ3) is 4.62. The first-order valence-corrected chi connectivity index (χ1v) is 10.3. The molecule has 0 radical (unpaired) electrons. The second-order valence-electron chi connectivity index (χ2n) is 7.45. The van der Waals surface area contributed by atoms with Crippen LogP contribution in [-0.2, 0) is 6.54 Å². The van der Waals surface area contributed by atoms with E-state index in [1.807, 2.05) is 22.9 Å². The van der Waals surface area contributed by atoms with Crippen molar-refractivity contribution in [3.8, 4) is 0 Å². The van der Waals surface area contributed by atoms with Crippen LogP contribution >= 0.6 is 12.4 Å². The van der Waals surface area contributed by atoms with Crippen LogP contribution in [0.1, 0.15) is 23.2 Å². The molecular weight excluding hydrogens is 412 g/mol. The first-order chi connectivity index (χ1) is 14.9. The zero-order valence-corrected chi connectivity index (χ0v) is 17.9. The molecule has 5 rings (SSSR count). The van der Waals surface area contributed by atoms with Gasteiger partial charge in [-0.05, 0) is 40.3 Å². The van der Waals surface area contributed by atoms with Crippen molar-refractivity contribution in [2.45, 2.75) is 12.6 Å². The molecule has 31 heavy (non-hydrogen) atoms. The molecule has 0 aliphatic carbocycles. The number of para-hydroxylation sites is 1. The van der Waals surface area contributed by atoms with Gasteiger partial charge in [-0.15, -0.1) is 17.5 Å². The molecule has 4 aromatic rings. The Bertz CT molecular complexity index is 1050. The Morgan fingerprint density at radius 1 is 0.839 bits per heavy atom. The fraction of sp³-hybridized carbons (Fsp3) is 0.261. The largest absolute Gasteiger partial charge is 0.467 e. The quantitative estimate of drug-likeness (QED) is 0.459. The van der Waals surface area contributed by atoms with Gasteiger partial charge in [-0.1, -0.05) is 48.5 Å². The van der Waals surface area contributed by atoms with Gasteiger partial charge in [0, 0.05) is 31.9 Å². The number of tetrazole rings is 1. The first kappa shape index (κ1) is 21.1. The number of hydrogen-bond donors (Lipinski definition) is 0. The van der Waals surface area contributed by atoms with E-state index in [-0.39, 0.29) is 18.4 Å². The number of anilines is 1. The van der Waals surface area contributed by atoms with E-state index < -0.39 is 0 Å². The summed E-state index contributed by atoms with van der Waals surface area (Å²) in [5.74, 6) is 1.68. The van der Waals surface area contributed by atoms with Crippen LogP contribution in [-0.4, -0.2) is 51.3 Å². The Hall–Kier alpha value is -3.16. The zero-order valence-electron chi connectivity index (χ0n) is 17.1. The predicted molar refractivity (Wildman–Crippen MR) is 121 cm³/mol. The van der Waals surface area contributed by atoms with Crippen LogP contribution in [0, 0.1) is 0 Å². The van der Waals surface area contributed by atoms with Gasteiger partial charge in [0.1, 0.15) is 12.3 Å². The lowest BCUT2D eigenvalue weighted by atomic mass is 10.0. The molecule has 1 atom stereocenters. The zero-order chi connectivity index (χ0) is 20.2. The van der Waals surface area contributed by atoms with Crippen molar-refractivity contribution in [1.82, 2.24) is 25.1 Å². The summed E-state index contributed by atoms with van der Waals surface area (Å²) in [7, 11) is 0. The summed E-state index contributed by atoms with van der Waals surface area (Å²) in [6.07, 6.45) is 1.68. The highest BCUT2D eigenvalue weighted by Crippen LogP contribution is 2.29. The summed E-state index contributed by atoms with van der Waals surface area (Å²) < 4.78 is 7.37. The molecule has 0 saturated carbocycles. The number of benzene rings is 2. The van der Waals surface area contributed by atoms with Crippen LogP contribution in [0.25, 0.3) is 0 Å². The molecule has 0 bridgehead atoms. The highest BCUT2D eigenvalue weighted by Gasteiger charge is 2.30. The Balaban J connectivity index is 0.00000231. The van der Waals surface area contributed by atoms with Crippen molar-refractivity contribution in [3.63, 3.8) is 0 Å². The maximum absolute atomic E-state index is 5.52. The molecule has 8 heteroatoms. The summed E-state index contributed by atoms with van der Waals surface area (Å²) in [4.78, 5) is 4.91. The van der Waals surface area contributed by atoms with Crippen molar-refractivity contribution < 1.29 is 4.42 Å². The molecule has 1 aliphatic rings. The molecule has 1 fully saturated rings. The molecule has 2 aromatic heterocycles. The molecule has 160 valence electrons. The molecule has 0 amide bonds. The maximum Gasteiger partial charge on any atom is 0.173 e.